The number of hydrogen-bond donors (Lipinski definition) is 2. The molecule has 0 aliphatic rings. The Labute approximate surface area is 68.5 Å². The minimum Gasteiger partial charge on any atom is -0.365 e. The predicted molar refractivity (Wildman–Crippen MR) is 47.4 cm³/mol. The molecule has 0 atom stereocenters. The molecule has 0 aliphatic heterocycles. The summed E-state index contributed by atoms with van der Waals surface area (Å²) in [6.07, 6.45) is 1.73. The molecule has 0 saturated carbocycles. The number of anilines is 1. The fraction of sp³-hybridized carbons (Fsp3) is 0.200. The molecule has 0 radical (unpaired) electrons. The molecule has 0 bridgehead atoms. The van der Waals surface area contributed by atoms with Crippen molar-refractivity contribution in [1.82, 2.24) is 10.3 Å². The molecular formula is C5H7N3S2. The van der Waals surface area contributed by atoms with Crippen molar-refractivity contribution in [3.63, 3.8) is 0 Å². The van der Waals surface area contributed by atoms with Crippen LogP contribution in [-0.2, 0) is 0 Å². The third-order valence-electron chi connectivity index (χ3n) is 0.880. The summed E-state index contributed by atoms with van der Waals surface area (Å²) in [7, 11) is 1.77. The van der Waals surface area contributed by atoms with Crippen LogP contribution in [0, 0.1) is 0 Å². The van der Waals surface area contributed by atoms with Crippen LogP contribution in [0.4, 0.5) is 5.13 Å². The lowest BCUT2D eigenvalue weighted by atomic mass is 10.9. The van der Waals surface area contributed by atoms with Gasteiger partial charge in [-0.1, -0.05) is 0 Å². The molecule has 0 saturated heterocycles. The van der Waals surface area contributed by atoms with E-state index < -0.39 is 0 Å². The van der Waals surface area contributed by atoms with Gasteiger partial charge < -0.3 is 10.6 Å². The minimum absolute atomic E-state index is 0.593. The lowest BCUT2D eigenvalue weighted by Gasteiger charge is -2.00. The van der Waals surface area contributed by atoms with Crippen molar-refractivity contribution < 1.29 is 0 Å². The smallest absolute Gasteiger partial charge is 0.188 e. The standard InChI is InChI=1S/C5H7N3S2/c1-6-4(9)8-5-7-2-3-10-5/h2-3H,1H3,(H2,6,7,8,9). The fourth-order valence-corrected chi connectivity index (χ4v) is 1.14. The van der Waals surface area contributed by atoms with Crippen molar-refractivity contribution in [3.8, 4) is 0 Å². The second-order valence-corrected chi connectivity index (χ2v) is 2.84. The molecule has 3 nitrogen and oxygen atoms in total. The second-order valence-electron chi connectivity index (χ2n) is 1.54. The first-order chi connectivity index (χ1) is 4.83. The van der Waals surface area contributed by atoms with E-state index in [2.05, 4.69) is 15.6 Å². The fourth-order valence-electron chi connectivity index (χ4n) is 0.445. The van der Waals surface area contributed by atoms with Crippen LogP contribution in [0.1, 0.15) is 0 Å². The largest absolute Gasteiger partial charge is 0.365 e. The third kappa shape index (κ3) is 1.93. The van der Waals surface area contributed by atoms with Gasteiger partial charge in [0, 0.05) is 18.6 Å². The van der Waals surface area contributed by atoms with Gasteiger partial charge in [0.2, 0.25) is 0 Å². The summed E-state index contributed by atoms with van der Waals surface area (Å²) < 4.78 is 0. The van der Waals surface area contributed by atoms with Crippen LogP contribution in [0.3, 0.4) is 0 Å². The highest BCUT2D eigenvalue weighted by atomic mass is 32.1. The van der Waals surface area contributed by atoms with E-state index in [-0.39, 0.29) is 0 Å². The van der Waals surface area contributed by atoms with Crippen molar-refractivity contribution in [2.45, 2.75) is 0 Å². The van der Waals surface area contributed by atoms with Crippen molar-refractivity contribution in [3.05, 3.63) is 11.6 Å². The van der Waals surface area contributed by atoms with Gasteiger partial charge >= 0.3 is 0 Å². The van der Waals surface area contributed by atoms with Gasteiger partial charge in [-0.2, -0.15) is 0 Å². The molecule has 1 rings (SSSR count). The Balaban J connectivity index is 2.48. The van der Waals surface area contributed by atoms with Gasteiger partial charge in [-0.25, -0.2) is 4.98 Å². The van der Waals surface area contributed by atoms with E-state index in [1.807, 2.05) is 5.38 Å². The number of nitrogens with zero attached hydrogens (tertiary/aromatic N) is 1. The number of aromatic nitrogens is 1. The summed E-state index contributed by atoms with van der Waals surface area (Å²) in [5, 5.41) is 8.99. The molecule has 10 heavy (non-hydrogen) atoms. The van der Waals surface area contributed by atoms with E-state index in [0.29, 0.717) is 5.11 Å². The first-order valence-corrected chi connectivity index (χ1v) is 4.00. The topological polar surface area (TPSA) is 37.0 Å². The highest BCUT2D eigenvalue weighted by molar-refractivity contribution is 7.80. The molecule has 54 valence electrons. The maximum Gasteiger partial charge on any atom is 0.188 e. The molecular weight excluding hydrogens is 166 g/mol. The van der Waals surface area contributed by atoms with E-state index >= 15 is 0 Å². The van der Waals surface area contributed by atoms with Gasteiger partial charge in [-0.3, -0.25) is 0 Å². The first-order valence-electron chi connectivity index (χ1n) is 2.71. The highest BCUT2D eigenvalue weighted by Gasteiger charge is 1.94. The molecule has 0 spiro atoms. The predicted octanol–water partition coefficient (Wildman–Crippen LogP) is 1.06. The second kappa shape index (κ2) is 3.48. The Morgan fingerprint density at radius 1 is 1.80 bits per heavy atom. The van der Waals surface area contributed by atoms with Gasteiger partial charge in [-0.05, 0) is 12.2 Å². The van der Waals surface area contributed by atoms with Crippen LogP contribution < -0.4 is 10.6 Å². The van der Waals surface area contributed by atoms with E-state index in [1.54, 1.807) is 13.2 Å². The molecule has 0 amide bonds. The number of rotatable bonds is 1. The lowest BCUT2D eigenvalue weighted by Crippen LogP contribution is -2.23. The van der Waals surface area contributed by atoms with E-state index in [9.17, 15) is 0 Å². The van der Waals surface area contributed by atoms with Crippen LogP contribution in [-0.4, -0.2) is 17.1 Å². The van der Waals surface area contributed by atoms with Gasteiger partial charge in [0.05, 0.1) is 0 Å². The monoisotopic (exact) mass is 173 g/mol. The van der Waals surface area contributed by atoms with Crippen LogP contribution >= 0.6 is 23.6 Å². The number of thiocarbonyl (C=S) groups is 1. The molecule has 0 unspecified atom stereocenters. The Morgan fingerprint density at radius 2 is 2.60 bits per heavy atom. The molecule has 0 aromatic carbocycles. The minimum atomic E-state index is 0.593. The zero-order chi connectivity index (χ0) is 7.40. The number of hydrogen-bond acceptors (Lipinski definition) is 3. The third-order valence-corrected chi connectivity index (χ3v) is 1.87. The van der Waals surface area contributed by atoms with Crippen molar-refractivity contribution >= 4 is 33.8 Å². The van der Waals surface area contributed by atoms with Crippen LogP contribution in [0.15, 0.2) is 11.6 Å². The van der Waals surface area contributed by atoms with Gasteiger partial charge in [0.15, 0.2) is 10.2 Å². The van der Waals surface area contributed by atoms with Gasteiger partial charge in [0.25, 0.3) is 0 Å². The highest BCUT2D eigenvalue weighted by Crippen LogP contribution is 2.09. The zero-order valence-electron chi connectivity index (χ0n) is 5.42. The van der Waals surface area contributed by atoms with Crippen molar-refractivity contribution in [1.29, 1.82) is 0 Å². The molecule has 5 heteroatoms. The first kappa shape index (κ1) is 7.43. The molecule has 1 heterocycles. The lowest BCUT2D eigenvalue weighted by molar-refractivity contribution is 1.19. The van der Waals surface area contributed by atoms with Crippen molar-refractivity contribution in [2.75, 3.05) is 12.4 Å². The summed E-state index contributed by atoms with van der Waals surface area (Å²) in [4.78, 5) is 3.98. The Morgan fingerprint density at radius 3 is 3.10 bits per heavy atom. The quantitative estimate of drug-likeness (QED) is 0.623. The molecule has 2 N–H and O–H groups in total. The Bertz CT molecular complexity index is 207. The summed E-state index contributed by atoms with van der Waals surface area (Å²) in [6, 6.07) is 0. The summed E-state index contributed by atoms with van der Waals surface area (Å²) in [6.45, 7) is 0. The van der Waals surface area contributed by atoms with Crippen LogP contribution in [0.5, 0.6) is 0 Å². The molecule has 1 aromatic rings. The van der Waals surface area contributed by atoms with Crippen molar-refractivity contribution in [2.24, 2.45) is 0 Å². The maximum atomic E-state index is 4.85. The van der Waals surface area contributed by atoms with E-state index in [4.69, 9.17) is 12.2 Å². The molecule has 0 fully saturated rings. The number of nitrogens with one attached hydrogen (secondary N) is 2. The van der Waals surface area contributed by atoms with E-state index in [1.165, 1.54) is 11.3 Å². The number of thiazole rings is 1. The van der Waals surface area contributed by atoms with Crippen LogP contribution in [0.2, 0.25) is 0 Å². The van der Waals surface area contributed by atoms with Gasteiger partial charge in [-0.15, -0.1) is 11.3 Å². The molecule has 0 aliphatic carbocycles. The van der Waals surface area contributed by atoms with E-state index in [0.717, 1.165) is 5.13 Å². The Kier molecular flexibility index (Phi) is 2.58. The SMILES string of the molecule is CNC(=S)Nc1nccs1. The summed E-state index contributed by atoms with van der Waals surface area (Å²) in [5.74, 6) is 0. The van der Waals surface area contributed by atoms with Gasteiger partial charge in [0.1, 0.15) is 0 Å². The summed E-state index contributed by atoms with van der Waals surface area (Å²) >= 11 is 6.36. The Hall–Kier alpha value is -0.680. The molecule has 1 aromatic heterocycles. The maximum absolute atomic E-state index is 4.85. The van der Waals surface area contributed by atoms with Crippen LogP contribution in [0.25, 0.3) is 0 Å². The normalized spacial score (nSPS) is 8.90. The zero-order valence-corrected chi connectivity index (χ0v) is 7.05. The average Bonchev–Trinajstić information content (AvgIpc) is 2.40. The average molecular weight is 173 g/mol. The summed E-state index contributed by atoms with van der Waals surface area (Å²) in [5.41, 5.74) is 0.